The van der Waals surface area contributed by atoms with Gasteiger partial charge >= 0.3 is 5.97 Å². The second kappa shape index (κ2) is 5.38. The van der Waals surface area contributed by atoms with Crippen molar-refractivity contribution < 1.29 is 9.90 Å². The summed E-state index contributed by atoms with van der Waals surface area (Å²) in [6, 6.07) is 1.89. The van der Waals surface area contributed by atoms with Crippen LogP contribution in [0.25, 0.3) is 0 Å². The van der Waals surface area contributed by atoms with E-state index in [-0.39, 0.29) is 5.92 Å². The summed E-state index contributed by atoms with van der Waals surface area (Å²) in [4.78, 5) is 22.6. The van der Waals surface area contributed by atoms with Crippen LogP contribution in [0.3, 0.4) is 0 Å². The van der Waals surface area contributed by atoms with Crippen LogP contribution in [0, 0.1) is 6.92 Å². The Hall–Kier alpha value is -1.65. The van der Waals surface area contributed by atoms with E-state index < -0.39 is 11.5 Å². The molecule has 1 N–H and O–H groups in total. The Labute approximate surface area is 120 Å². The number of anilines is 1. The number of hydrogen-bond acceptors (Lipinski definition) is 4. The topological polar surface area (TPSA) is 66.3 Å². The van der Waals surface area contributed by atoms with Gasteiger partial charge in [0.25, 0.3) is 0 Å². The fourth-order valence-electron chi connectivity index (χ4n) is 2.68. The molecule has 0 saturated carbocycles. The smallest absolute Gasteiger partial charge is 0.329 e. The van der Waals surface area contributed by atoms with Gasteiger partial charge in [0, 0.05) is 24.2 Å². The van der Waals surface area contributed by atoms with Crippen molar-refractivity contribution in [3.8, 4) is 0 Å². The van der Waals surface area contributed by atoms with E-state index in [1.54, 1.807) is 6.92 Å². The number of carboxylic acid groups (broad SMARTS) is 1. The zero-order valence-corrected chi connectivity index (χ0v) is 12.7. The third-order valence-electron chi connectivity index (χ3n) is 4.00. The molecule has 5 heteroatoms. The molecular weight excluding hydrogens is 254 g/mol. The summed E-state index contributed by atoms with van der Waals surface area (Å²) < 4.78 is 0. The molecule has 0 radical (unpaired) electrons. The first-order chi connectivity index (χ1) is 9.34. The minimum absolute atomic E-state index is 0.231. The van der Waals surface area contributed by atoms with Crippen molar-refractivity contribution in [2.45, 2.75) is 58.4 Å². The fourth-order valence-corrected chi connectivity index (χ4v) is 2.68. The number of carboxylic acids is 1. The predicted octanol–water partition coefficient (Wildman–Crippen LogP) is 2.74. The van der Waals surface area contributed by atoms with Crippen LogP contribution in [-0.4, -0.2) is 33.1 Å². The molecule has 0 aromatic carbocycles. The predicted molar refractivity (Wildman–Crippen MR) is 78.1 cm³/mol. The average Bonchev–Trinajstić information content (AvgIpc) is 2.38. The Morgan fingerprint density at radius 2 is 2.10 bits per heavy atom. The Kier molecular flexibility index (Phi) is 3.97. The highest BCUT2D eigenvalue weighted by atomic mass is 16.4. The summed E-state index contributed by atoms with van der Waals surface area (Å²) in [7, 11) is 0. The van der Waals surface area contributed by atoms with Gasteiger partial charge in [-0.25, -0.2) is 14.8 Å². The highest BCUT2D eigenvalue weighted by Gasteiger charge is 2.42. The van der Waals surface area contributed by atoms with Crippen molar-refractivity contribution in [1.29, 1.82) is 0 Å². The normalized spacial score (nSPS) is 23.1. The molecule has 20 heavy (non-hydrogen) atoms. The molecule has 2 rings (SSSR count). The highest BCUT2D eigenvalue weighted by molar-refractivity contribution is 5.83. The molecule has 0 aliphatic carbocycles. The van der Waals surface area contributed by atoms with Gasteiger partial charge in [-0.1, -0.05) is 13.8 Å². The van der Waals surface area contributed by atoms with E-state index >= 15 is 0 Å². The summed E-state index contributed by atoms with van der Waals surface area (Å²) in [5.74, 6) is 0.971. The second-order valence-electron chi connectivity index (χ2n) is 6.07. The number of aromatic nitrogens is 2. The molecule has 1 saturated heterocycles. The van der Waals surface area contributed by atoms with Crippen LogP contribution >= 0.6 is 0 Å². The number of hydrogen-bond donors (Lipinski definition) is 1. The van der Waals surface area contributed by atoms with Crippen LogP contribution in [0.1, 0.15) is 57.5 Å². The third kappa shape index (κ3) is 2.62. The molecule has 1 aromatic heterocycles. The van der Waals surface area contributed by atoms with Gasteiger partial charge in [0.1, 0.15) is 17.2 Å². The molecule has 0 bridgehead atoms. The van der Waals surface area contributed by atoms with Crippen molar-refractivity contribution in [3.05, 3.63) is 17.6 Å². The first-order valence-electron chi connectivity index (χ1n) is 7.21. The van der Waals surface area contributed by atoms with Crippen LogP contribution < -0.4 is 4.90 Å². The van der Waals surface area contributed by atoms with Gasteiger partial charge in [-0.3, -0.25) is 0 Å². The van der Waals surface area contributed by atoms with Crippen LogP contribution in [0.2, 0.25) is 0 Å². The average molecular weight is 277 g/mol. The lowest BCUT2D eigenvalue weighted by atomic mass is 9.88. The van der Waals surface area contributed by atoms with E-state index in [0.717, 1.165) is 36.7 Å². The van der Waals surface area contributed by atoms with Gasteiger partial charge in [-0.15, -0.1) is 0 Å². The van der Waals surface area contributed by atoms with E-state index in [4.69, 9.17) is 0 Å². The summed E-state index contributed by atoms with van der Waals surface area (Å²) >= 11 is 0. The van der Waals surface area contributed by atoms with Gasteiger partial charge < -0.3 is 10.0 Å². The third-order valence-corrected chi connectivity index (χ3v) is 4.00. The number of aryl methyl sites for hydroxylation is 1. The Balaban J connectivity index is 2.45. The van der Waals surface area contributed by atoms with E-state index in [0.29, 0.717) is 6.42 Å². The number of aliphatic carboxylic acids is 1. The molecule has 0 spiro atoms. The quantitative estimate of drug-likeness (QED) is 0.920. The first-order valence-corrected chi connectivity index (χ1v) is 7.21. The zero-order valence-electron chi connectivity index (χ0n) is 12.7. The van der Waals surface area contributed by atoms with Crippen LogP contribution in [0.15, 0.2) is 6.07 Å². The molecule has 1 aliphatic heterocycles. The monoisotopic (exact) mass is 277 g/mol. The molecule has 1 unspecified atom stereocenters. The lowest BCUT2D eigenvalue weighted by Crippen LogP contribution is -2.55. The Bertz CT molecular complexity index is 516. The molecular formula is C15H23N3O2. The van der Waals surface area contributed by atoms with Gasteiger partial charge in [0.05, 0.1) is 0 Å². The maximum Gasteiger partial charge on any atom is 0.329 e. The SMILES string of the molecule is Cc1cc(N2CCCCC2(C)C(=O)O)nc(C(C)C)n1. The van der Waals surface area contributed by atoms with E-state index in [2.05, 4.69) is 9.97 Å². The molecule has 1 aromatic rings. The summed E-state index contributed by atoms with van der Waals surface area (Å²) in [5, 5.41) is 9.59. The maximum atomic E-state index is 11.7. The molecule has 0 amide bonds. The summed E-state index contributed by atoms with van der Waals surface area (Å²) in [5.41, 5.74) is 0.0184. The van der Waals surface area contributed by atoms with Gasteiger partial charge in [-0.2, -0.15) is 0 Å². The van der Waals surface area contributed by atoms with Gasteiger partial charge in [0.15, 0.2) is 0 Å². The number of rotatable bonds is 3. The van der Waals surface area contributed by atoms with E-state index in [9.17, 15) is 9.90 Å². The summed E-state index contributed by atoms with van der Waals surface area (Å²) in [6.45, 7) is 8.55. The van der Waals surface area contributed by atoms with Crippen LogP contribution in [0.5, 0.6) is 0 Å². The first kappa shape index (κ1) is 14.8. The molecule has 5 nitrogen and oxygen atoms in total. The summed E-state index contributed by atoms with van der Waals surface area (Å²) in [6.07, 6.45) is 2.60. The van der Waals surface area contributed by atoms with Crippen LogP contribution in [0.4, 0.5) is 5.82 Å². The van der Waals surface area contributed by atoms with E-state index in [1.165, 1.54) is 0 Å². The number of nitrogens with zero attached hydrogens (tertiary/aromatic N) is 3. The lowest BCUT2D eigenvalue weighted by molar-refractivity contribution is -0.143. The van der Waals surface area contributed by atoms with Crippen LogP contribution in [-0.2, 0) is 4.79 Å². The number of carbonyl (C=O) groups is 1. The largest absolute Gasteiger partial charge is 0.480 e. The number of piperidine rings is 1. The minimum atomic E-state index is -0.868. The molecule has 110 valence electrons. The molecule has 1 fully saturated rings. The molecule has 1 aliphatic rings. The van der Waals surface area contributed by atoms with Gasteiger partial charge in [-0.05, 0) is 33.1 Å². The van der Waals surface area contributed by atoms with Crippen molar-refractivity contribution in [2.75, 3.05) is 11.4 Å². The molecule has 1 atom stereocenters. The zero-order chi connectivity index (χ0) is 14.9. The van der Waals surface area contributed by atoms with Crippen molar-refractivity contribution in [1.82, 2.24) is 9.97 Å². The van der Waals surface area contributed by atoms with Gasteiger partial charge in [0.2, 0.25) is 0 Å². The molecule has 2 heterocycles. The van der Waals surface area contributed by atoms with Crippen molar-refractivity contribution >= 4 is 11.8 Å². The van der Waals surface area contributed by atoms with E-state index in [1.807, 2.05) is 31.7 Å². The van der Waals surface area contributed by atoms with Crippen molar-refractivity contribution in [2.24, 2.45) is 0 Å². The highest BCUT2D eigenvalue weighted by Crippen LogP contribution is 2.32. The minimum Gasteiger partial charge on any atom is -0.480 e. The Morgan fingerprint density at radius 3 is 2.70 bits per heavy atom. The fraction of sp³-hybridized carbons (Fsp3) is 0.667. The lowest BCUT2D eigenvalue weighted by Gasteiger charge is -2.42. The second-order valence-corrected chi connectivity index (χ2v) is 6.07. The standard InChI is InChI=1S/C15H23N3O2/c1-10(2)13-16-11(3)9-12(17-13)18-8-6-5-7-15(18,4)14(19)20/h9-10H,5-8H2,1-4H3,(H,19,20). The van der Waals surface area contributed by atoms with Crippen molar-refractivity contribution in [3.63, 3.8) is 0 Å². The Morgan fingerprint density at radius 1 is 1.40 bits per heavy atom. The maximum absolute atomic E-state index is 11.7.